The minimum atomic E-state index is -0.359. The van der Waals surface area contributed by atoms with Crippen LogP contribution in [-0.4, -0.2) is 18.0 Å². The van der Waals surface area contributed by atoms with Crippen LogP contribution in [0.15, 0.2) is 67.0 Å². The second-order valence-corrected chi connectivity index (χ2v) is 5.25. The molecule has 0 aliphatic heterocycles. The van der Waals surface area contributed by atoms with E-state index in [-0.39, 0.29) is 11.7 Å². The standard InChI is InChI=1S/C19H16FN3O2/c1-25-18-5-3-2-4-17(18)22-16-10-13(11-21-12-16)19(24)23-15-8-6-14(20)7-9-15/h2-12,22H,1H3,(H,23,24). The first kappa shape index (κ1) is 16.4. The van der Waals surface area contributed by atoms with E-state index in [1.807, 2.05) is 24.3 Å². The Kier molecular flexibility index (Phi) is 4.89. The van der Waals surface area contributed by atoms with E-state index in [1.54, 1.807) is 19.4 Å². The Labute approximate surface area is 144 Å². The average molecular weight is 337 g/mol. The Morgan fingerprint density at radius 1 is 1.04 bits per heavy atom. The first-order chi connectivity index (χ1) is 12.2. The fourth-order valence-electron chi connectivity index (χ4n) is 2.27. The lowest BCUT2D eigenvalue weighted by Gasteiger charge is -2.11. The predicted octanol–water partition coefficient (Wildman–Crippen LogP) is 4.23. The number of rotatable bonds is 5. The number of hydrogen-bond acceptors (Lipinski definition) is 4. The van der Waals surface area contributed by atoms with Crippen molar-refractivity contribution in [2.24, 2.45) is 0 Å². The van der Waals surface area contributed by atoms with Gasteiger partial charge in [-0.05, 0) is 42.5 Å². The molecule has 25 heavy (non-hydrogen) atoms. The number of carbonyl (C=O) groups is 1. The lowest BCUT2D eigenvalue weighted by molar-refractivity contribution is 0.102. The molecule has 0 atom stereocenters. The van der Waals surface area contributed by atoms with Crippen LogP contribution in [0.4, 0.5) is 21.5 Å². The number of pyridine rings is 1. The molecule has 0 radical (unpaired) electrons. The smallest absolute Gasteiger partial charge is 0.257 e. The molecule has 6 heteroatoms. The summed E-state index contributed by atoms with van der Waals surface area (Å²) < 4.78 is 18.2. The Morgan fingerprint density at radius 3 is 2.56 bits per heavy atom. The van der Waals surface area contributed by atoms with E-state index in [1.165, 1.54) is 30.5 Å². The van der Waals surface area contributed by atoms with Gasteiger partial charge in [0.05, 0.1) is 30.2 Å². The van der Waals surface area contributed by atoms with Gasteiger partial charge in [0.15, 0.2) is 0 Å². The second-order valence-electron chi connectivity index (χ2n) is 5.25. The number of ether oxygens (including phenoxy) is 1. The molecule has 0 aliphatic rings. The first-order valence-electron chi connectivity index (χ1n) is 7.58. The average Bonchev–Trinajstić information content (AvgIpc) is 2.64. The summed E-state index contributed by atoms with van der Waals surface area (Å²) in [6.45, 7) is 0. The van der Waals surface area contributed by atoms with Gasteiger partial charge in [0.25, 0.3) is 5.91 Å². The molecule has 0 spiro atoms. The number of halogens is 1. The zero-order valence-corrected chi connectivity index (χ0v) is 13.5. The Bertz CT molecular complexity index is 882. The van der Waals surface area contributed by atoms with E-state index in [0.717, 1.165) is 5.69 Å². The van der Waals surface area contributed by atoms with Crippen molar-refractivity contribution in [1.82, 2.24) is 4.98 Å². The number of methoxy groups -OCH3 is 1. The second kappa shape index (κ2) is 7.44. The molecule has 2 N–H and O–H groups in total. The number of aromatic nitrogens is 1. The lowest BCUT2D eigenvalue weighted by atomic mass is 10.2. The number of hydrogen-bond donors (Lipinski definition) is 2. The molecule has 1 amide bonds. The van der Waals surface area contributed by atoms with E-state index in [0.29, 0.717) is 22.7 Å². The molecule has 3 rings (SSSR count). The monoisotopic (exact) mass is 337 g/mol. The van der Waals surface area contributed by atoms with Gasteiger partial charge in [0.1, 0.15) is 11.6 Å². The largest absolute Gasteiger partial charge is 0.495 e. The first-order valence-corrected chi connectivity index (χ1v) is 7.58. The molecule has 3 aromatic rings. The number of nitrogens with zero attached hydrogens (tertiary/aromatic N) is 1. The number of amides is 1. The minimum absolute atomic E-state index is 0.331. The zero-order chi connectivity index (χ0) is 17.6. The van der Waals surface area contributed by atoms with Crippen LogP contribution in [0.25, 0.3) is 0 Å². The maximum Gasteiger partial charge on any atom is 0.257 e. The summed E-state index contributed by atoms with van der Waals surface area (Å²) in [4.78, 5) is 16.4. The van der Waals surface area contributed by atoms with E-state index in [9.17, 15) is 9.18 Å². The maximum absolute atomic E-state index is 12.9. The molecule has 0 unspecified atom stereocenters. The third kappa shape index (κ3) is 4.11. The van der Waals surface area contributed by atoms with Gasteiger partial charge in [-0.3, -0.25) is 9.78 Å². The number of carbonyl (C=O) groups excluding carboxylic acids is 1. The summed E-state index contributed by atoms with van der Waals surface area (Å²) in [6.07, 6.45) is 3.08. The Hall–Kier alpha value is -3.41. The van der Waals surface area contributed by atoms with Crippen molar-refractivity contribution >= 4 is 23.0 Å². The van der Waals surface area contributed by atoms with E-state index in [2.05, 4.69) is 15.6 Å². The third-order valence-electron chi connectivity index (χ3n) is 3.49. The zero-order valence-electron chi connectivity index (χ0n) is 13.5. The van der Waals surface area contributed by atoms with Crippen LogP contribution in [0.1, 0.15) is 10.4 Å². The summed E-state index contributed by atoms with van der Waals surface area (Å²) >= 11 is 0. The Morgan fingerprint density at radius 2 is 1.80 bits per heavy atom. The summed E-state index contributed by atoms with van der Waals surface area (Å²) in [5, 5.41) is 5.87. The van der Waals surface area contributed by atoms with E-state index >= 15 is 0 Å². The van der Waals surface area contributed by atoms with Gasteiger partial charge in [-0.15, -0.1) is 0 Å². The SMILES string of the molecule is COc1ccccc1Nc1cncc(C(=O)Nc2ccc(F)cc2)c1. The van der Waals surface area contributed by atoms with Crippen molar-refractivity contribution in [3.8, 4) is 5.75 Å². The minimum Gasteiger partial charge on any atom is -0.495 e. The highest BCUT2D eigenvalue weighted by Crippen LogP contribution is 2.27. The quantitative estimate of drug-likeness (QED) is 0.731. The molecule has 0 fully saturated rings. The van der Waals surface area contributed by atoms with Crippen LogP contribution in [0.5, 0.6) is 5.75 Å². The van der Waals surface area contributed by atoms with Crippen molar-refractivity contribution < 1.29 is 13.9 Å². The van der Waals surface area contributed by atoms with Crippen molar-refractivity contribution in [2.45, 2.75) is 0 Å². The van der Waals surface area contributed by atoms with Gasteiger partial charge in [0, 0.05) is 11.9 Å². The summed E-state index contributed by atoms with van der Waals surface area (Å²) in [6, 6.07) is 14.7. The molecule has 0 saturated carbocycles. The number of nitrogens with one attached hydrogen (secondary N) is 2. The van der Waals surface area contributed by atoms with Crippen LogP contribution < -0.4 is 15.4 Å². The van der Waals surface area contributed by atoms with Crippen molar-refractivity contribution in [3.05, 3.63) is 78.4 Å². The lowest BCUT2D eigenvalue weighted by Crippen LogP contribution is -2.12. The highest BCUT2D eigenvalue weighted by atomic mass is 19.1. The molecular weight excluding hydrogens is 321 g/mol. The summed E-state index contributed by atoms with van der Waals surface area (Å²) in [5.41, 5.74) is 2.30. The maximum atomic E-state index is 12.9. The van der Waals surface area contributed by atoms with Crippen LogP contribution in [0, 0.1) is 5.82 Å². The van der Waals surface area contributed by atoms with Gasteiger partial charge in [0.2, 0.25) is 0 Å². The molecular formula is C19H16FN3O2. The predicted molar refractivity (Wildman–Crippen MR) is 94.9 cm³/mol. The molecule has 0 bridgehead atoms. The molecule has 1 heterocycles. The van der Waals surface area contributed by atoms with Gasteiger partial charge in [-0.1, -0.05) is 12.1 Å². The van der Waals surface area contributed by atoms with Crippen LogP contribution in [0.3, 0.4) is 0 Å². The van der Waals surface area contributed by atoms with Crippen molar-refractivity contribution in [2.75, 3.05) is 17.7 Å². The third-order valence-corrected chi connectivity index (χ3v) is 3.49. The van der Waals surface area contributed by atoms with Gasteiger partial charge >= 0.3 is 0 Å². The number of anilines is 3. The highest BCUT2D eigenvalue weighted by molar-refractivity contribution is 6.04. The summed E-state index contributed by atoms with van der Waals surface area (Å²) in [7, 11) is 1.59. The molecule has 0 aliphatic carbocycles. The van der Waals surface area contributed by atoms with Gasteiger partial charge in [-0.25, -0.2) is 4.39 Å². The topological polar surface area (TPSA) is 63.2 Å². The van der Waals surface area contributed by atoms with Crippen LogP contribution >= 0.6 is 0 Å². The molecule has 126 valence electrons. The van der Waals surface area contributed by atoms with Crippen molar-refractivity contribution in [1.29, 1.82) is 0 Å². The highest BCUT2D eigenvalue weighted by Gasteiger charge is 2.09. The van der Waals surface area contributed by atoms with Gasteiger partial charge in [-0.2, -0.15) is 0 Å². The summed E-state index contributed by atoms with van der Waals surface area (Å²) in [5.74, 6) is -0.00544. The molecule has 5 nitrogen and oxygen atoms in total. The number of para-hydroxylation sites is 2. The number of benzene rings is 2. The van der Waals surface area contributed by atoms with Crippen LogP contribution in [0.2, 0.25) is 0 Å². The fraction of sp³-hybridized carbons (Fsp3) is 0.0526. The van der Waals surface area contributed by atoms with E-state index < -0.39 is 0 Å². The molecule has 1 aromatic heterocycles. The van der Waals surface area contributed by atoms with E-state index in [4.69, 9.17) is 4.74 Å². The van der Waals surface area contributed by atoms with Gasteiger partial charge < -0.3 is 15.4 Å². The van der Waals surface area contributed by atoms with Crippen LogP contribution in [-0.2, 0) is 0 Å². The fourth-order valence-corrected chi connectivity index (χ4v) is 2.27. The normalized spacial score (nSPS) is 10.2. The van der Waals surface area contributed by atoms with Crippen molar-refractivity contribution in [3.63, 3.8) is 0 Å². The Balaban J connectivity index is 1.76. The molecule has 2 aromatic carbocycles. The molecule has 0 saturated heterocycles.